The van der Waals surface area contributed by atoms with Crippen LogP contribution in [0, 0.1) is 5.92 Å². The van der Waals surface area contributed by atoms with Crippen LogP contribution in [0.15, 0.2) is 23.1 Å². The summed E-state index contributed by atoms with van der Waals surface area (Å²) in [7, 11) is -2.25. The zero-order chi connectivity index (χ0) is 19.2. The predicted octanol–water partition coefficient (Wildman–Crippen LogP) is 3.04. The van der Waals surface area contributed by atoms with Crippen LogP contribution in [0.2, 0.25) is 0 Å². The van der Waals surface area contributed by atoms with Crippen molar-refractivity contribution in [1.29, 1.82) is 0 Å². The van der Waals surface area contributed by atoms with E-state index in [-0.39, 0.29) is 16.6 Å². The van der Waals surface area contributed by atoms with Crippen LogP contribution in [-0.4, -0.2) is 45.4 Å². The van der Waals surface area contributed by atoms with Gasteiger partial charge in [-0.3, -0.25) is 4.79 Å². The fourth-order valence-electron chi connectivity index (χ4n) is 3.02. The lowest BCUT2D eigenvalue weighted by atomic mass is 10.1. The number of carbonyl (C=O) groups excluding carboxylic acids is 1. The molecule has 0 radical (unpaired) electrons. The van der Waals surface area contributed by atoms with Crippen molar-refractivity contribution in [2.45, 2.75) is 50.8 Å². The molecule has 7 heteroatoms. The molecule has 0 saturated carbocycles. The molecule has 1 aliphatic heterocycles. The molecule has 1 aliphatic rings. The van der Waals surface area contributed by atoms with Crippen LogP contribution < -0.4 is 10.1 Å². The second kappa shape index (κ2) is 9.37. The lowest BCUT2D eigenvalue weighted by Crippen LogP contribution is -2.32. The summed E-state index contributed by atoms with van der Waals surface area (Å²) in [6, 6.07) is 4.59. The van der Waals surface area contributed by atoms with Gasteiger partial charge < -0.3 is 10.1 Å². The van der Waals surface area contributed by atoms with E-state index in [2.05, 4.69) is 19.2 Å². The van der Waals surface area contributed by atoms with Crippen molar-refractivity contribution in [2.24, 2.45) is 5.92 Å². The van der Waals surface area contributed by atoms with Crippen molar-refractivity contribution in [3.63, 3.8) is 0 Å². The molecule has 1 N–H and O–H groups in total. The average Bonchev–Trinajstić information content (AvgIpc) is 2.90. The van der Waals surface area contributed by atoms with Crippen molar-refractivity contribution < 1.29 is 17.9 Å². The van der Waals surface area contributed by atoms with E-state index in [0.29, 0.717) is 31.1 Å². The number of hydrogen-bond donors (Lipinski definition) is 1. The highest BCUT2D eigenvalue weighted by atomic mass is 32.2. The third kappa shape index (κ3) is 5.20. The maximum Gasteiger partial charge on any atom is 0.251 e. The Balaban J connectivity index is 2.27. The molecule has 0 unspecified atom stereocenters. The standard InChI is InChI=1S/C19H30N2O4S/c1-15(2)10-11-20-19(22)16-8-9-17(25-3)18(14-16)26(23,24)21-12-6-4-5-7-13-21/h8-9,14-15H,4-7,10-13H2,1-3H3,(H,20,22). The summed E-state index contributed by atoms with van der Waals surface area (Å²) in [6.07, 6.45) is 4.68. The fourth-order valence-corrected chi connectivity index (χ4v) is 4.72. The molecule has 146 valence electrons. The Hall–Kier alpha value is -1.60. The van der Waals surface area contributed by atoms with Gasteiger partial charge in [-0.1, -0.05) is 26.7 Å². The average molecular weight is 383 g/mol. The molecule has 2 rings (SSSR count). The Bertz CT molecular complexity index is 708. The van der Waals surface area contributed by atoms with Gasteiger partial charge in [0.25, 0.3) is 5.91 Å². The maximum atomic E-state index is 13.1. The summed E-state index contributed by atoms with van der Waals surface area (Å²) in [5.41, 5.74) is 0.336. The number of nitrogens with zero attached hydrogens (tertiary/aromatic N) is 1. The number of ether oxygens (including phenoxy) is 1. The number of carbonyl (C=O) groups is 1. The largest absolute Gasteiger partial charge is 0.495 e. The molecule has 0 bridgehead atoms. The van der Waals surface area contributed by atoms with Gasteiger partial charge in [0.15, 0.2) is 0 Å². The van der Waals surface area contributed by atoms with E-state index in [0.717, 1.165) is 32.1 Å². The molecule has 6 nitrogen and oxygen atoms in total. The van der Waals surface area contributed by atoms with Crippen LogP contribution in [0.25, 0.3) is 0 Å². The van der Waals surface area contributed by atoms with Crippen LogP contribution in [0.5, 0.6) is 5.75 Å². The lowest BCUT2D eigenvalue weighted by Gasteiger charge is -2.21. The smallest absolute Gasteiger partial charge is 0.251 e. The zero-order valence-electron chi connectivity index (χ0n) is 16.0. The highest BCUT2D eigenvalue weighted by Crippen LogP contribution is 2.29. The highest BCUT2D eigenvalue weighted by Gasteiger charge is 2.29. The van der Waals surface area contributed by atoms with Crippen LogP contribution in [0.3, 0.4) is 0 Å². The Labute approximate surface area is 157 Å². The summed E-state index contributed by atoms with van der Waals surface area (Å²) in [5, 5.41) is 2.85. The van der Waals surface area contributed by atoms with Gasteiger partial charge in [0, 0.05) is 25.2 Å². The fraction of sp³-hybridized carbons (Fsp3) is 0.632. The number of nitrogens with one attached hydrogen (secondary N) is 1. The number of sulfonamides is 1. The Kier molecular flexibility index (Phi) is 7.46. The van der Waals surface area contributed by atoms with Gasteiger partial charge in [-0.2, -0.15) is 4.31 Å². The minimum absolute atomic E-state index is 0.0680. The summed E-state index contributed by atoms with van der Waals surface area (Å²) in [4.78, 5) is 12.4. The third-order valence-corrected chi connectivity index (χ3v) is 6.54. The predicted molar refractivity (Wildman–Crippen MR) is 102 cm³/mol. The second-order valence-electron chi connectivity index (χ2n) is 7.12. The van der Waals surface area contributed by atoms with Gasteiger partial charge in [0.1, 0.15) is 10.6 Å². The van der Waals surface area contributed by atoms with Gasteiger partial charge >= 0.3 is 0 Å². The minimum atomic E-state index is -3.69. The maximum absolute atomic E-state index is 13.1. The van der Waals surface area contributed by atoms with E-state index >= 15 is 0 Å². The SMILES string of the molecule is COc1ccc(C(=O)NCCC(C)C)cc1S(=O)(=O)N1CCCCCC1. The highest BCUT2D eigenvalue weighted by molar-refractivity contribution is 7.89. The molecule has 1 aromatic carbocycles. The van der Waals surface area contributed by atoms with Gasteiger partial charge in [0.05, 0.1) is 7.11 Å². The lowest BCUT2D eigenvalue weighted by molar-refractivity contribution is 0.0951. The van der Waals surface area contributed by atoms with Crippen molar-refractivity contribution >= 4 is 15.9 Å². The van der Waals surface area contributed by atoms with E-state index < -0.39 is 10.0 Å². The molecular formula is C19H30N2O4S. The summed E-state index contributed by atoms with van der Waals surface area (Å²) < 4.78 is 33.0. The molecule has 0 atom stereocenters. The van der Waals surface area contributed by atoms with Gasteiger partial charge in [0.2, 0.25) is 10.0 Å². The van der Waals surface area contributed by atoms with Crippen molar-refractivity contribution in [3.8, 4) is 5.75 Å². The van der Waals surface area contributed by atoms with Gasteiger partial charge in [-0.05, 0) is 43.4 Å². The van der Waals surface area contributed by atoms with Crippen LogP contribution >= 0.6 is 0 Å². The monoisotopic (exact) mass is 382 g/mol. The quantitative estimate of drug-likeness (QED) is 0.786. The number of amides is 1. The van der Waals surface area contributed by atoms with Crippen molar-refractivity contribution in [2.75, 3.05) is 26.7 Å². The molecule has 0 aliphatic carbocycles. The second-order valence-corrected chi connectivity index (χ2v) is 9.03. The summed E-state index contributed by atoms with van der Waals surface area (Å²) in [6.45, 7) is 5.76. The Morgan fingerprint density at radius 2 is 1.85 bits per heavy atom. The third-order valence-electron chi connectivity index (χ3n) is 4.62. The van der Waals surface area contributed by atoms with E-state index in [9.17, 15) is 13.2 Å². The van der Waals surface area contributed by atoms with Gasteiger partial charge in [-0.25, -0.2) is 8.42 Å². The normalized spacial score (nSPS) is 16.3. The number of hydrogen-bond acceptors (Lipinski definition) is 4. The zero-order valence-corrected chi connectivity index (χ0v) is 16.8. The van der Waals surface area contributed by atoms with Gasteiger partial charge in [-0.15, -0.1) is 0 Å². The van der Waals surface area contributed by atoms with E-state index in [1.165, 1.54) is 17.5 Å². The molecule has 1 heterocycles. The molecule has 0 aromatic heterocycles. The first-order valence-electron chi connectivity index (χ1n) is 9.32. The first-order chi connectivity index (χ1) is 12.4. The molecule has 26 heavy (non-hydrogen) atoms. The van der Waals surface area contributed by atoms with Crippen molar-refractivity contribution in [3.05, 3.63) is 23.8 Å². The van der Waals surface area contributed by atoms with E-state index in [4.69, 9.17) is 4.74 Å². The first-order valence-corrected chi connectivity index (χ1v) is 10.8. The molecule has 0 spiro atoms. The topological polar surface area (TPSA) is 75.7 Å². The number of rotatable bonds is 7. The summed E-state index contributed by atoms with van der Waals surface area (Å²) >= 11 is 0. The van der Waals surface area contributed by atoms with Crippen LogP contribution in [0.4, 0.5) is 0 Å². The first kappa shape index (κ1) is 20.7. The Morgan fingerprint density at radius 1 is 1.19 bits per heavy atom. The molecule has 1 saturated heterocycles. The molecule has 1 amide bonds. The summed E-state index contributed by atoms with van der Waals surface area (Å²) in [5.74, 6) is 0.499. The Morgan fingerprint density at radius 3 is 2.42 bits per heavy atom. The molecule has 1 fully saturated rings. The van der Waals surface area contributed by atoms with E-state index in [1.807, 2.05) is 0 Å². The minimum Gasteiger partial charge on any atom is -0.495 e. The van der Waals surface area contributed by atoms with Crippen LogP contribution in [0.1, 0.15) is 56.3 Å². The number of methoxy groups -OCH3 is 1. The van der Waals surface area contributed by atoms with E-state index in [1.54, 1.807) is 12.1 Å². The molecular weight excluding hydrogens is 352 g/mol. The van der Waals surface area contributed by atoms with Crippen molar-refractivity contribution in [1.82, 2.24) is 9.62 Å². The number of benzene rings is 1. The van der Waals surface area contributed by atoms with Crippen LogP contribution in [-0.2, 0) is 10.0 Å². The molecule has 1 aromatic rings.